The number of nitrogens with one attached hydrogen (secondary N) is 1. The Morgan fingerprint density at radius 2 is 2.00 bits per heavy atom. The number of rotatable bonds is 6. The highest BCUT2D eigenvalue weighted by Gasteiger charge is 2.32. The Hall–Kier alpha value is -0.240. The molecule has 0 aliphatic heterocycles. The van der Waals surface area contributed by atoms with E-state index in [1.807, 2.05) is 0 Å². The maximum Gasteiger partial charge on any atom is 0.280 e. The summed E-state index contributed by atoms with van der Waals surface area (Å²) in [5.41, 5.74) is 5.49. The van der Waals surface area contributed by atoms with Gasteiger partial charge in [0.05, 0.1) is 11.5 Å². The topological polar surface area (TPSA) is 75.4 Å². The van der Waals surface area contributed by atoms with Crippen molar-refractivity contribution in [2.24, 2.45) is 5.73 Å². The molecule has 0 atom stereocenters. The SMILES string of the molecule is CC(C)NS(=O)(=O)N(CC(N)=S)C1CCCC1. The van der Waals surface area contributed by atoms with Crippen molar-refractivity contribution in [1.29, 1.82) is 0 Å². The number of nitrogens with zero attached hydrogens (tertiary/aromatic N) is 1. The number of thiocarbonyl (C=S) groups is 1. The molecule has 0 unspecified atom stereocenters. The van der Waals surface area contributed by atoms with Crippen LogP contribution in [0.3, 0.4) is 0 Å². The van der Waals surface area contributed by atoms with Crippen molar-refractivity contribution < 1.29 is 8.42 Å². The molecule has 1 rings (SSSR count). The largest absolute Gasteiger partial charge is 0.392 e. The van der Waals surface area contributed by atoms with E-state index in [0.717, 1.165) is 25.7 Å². The summed E-state index contributed by atoms with van der Waals surface area (Å²) in [6.45, 7) is 3.72. The van der Waals surface area contributed by atoms with Gasteiger partial charge >= 0.3 is 0 Å². The minimum absolute atomic E-state index is 0.0350. The van der Waals surface area contributed by atoms with Gasteiger partial charge < -0.3 is 5.73 Å². The van der Waals surface area contributed by atoms with Crippen LogP contribution in [0.2, 0.25) is 0 Å². The van der Waals surface area contributed by atoms with Gasteiger partial charge in [-0.05, 0) is 26.7 Å². The Balaban J connectivity index is 2.84. The Kier molecular flexibility index (Phi) is 5.30. The number of hydrogen-bond acceptors (Lipinski definition) is 3. The van der Waals surface area contributed by atoms with Crippen LogP contribution in [0.15, 0.2) is 0 Å². The standard InChI is InChI=1S/C10H21N3O2S2/c1-8(2)12-17(14,15)13(7-10(11)16)9-5-3-4-6-9/h8-9,12H,3-7H2,1-2H3,(H2,11,16). The first-order chi connectivity index (χ1) is 7.83. The highest BCUT2D eigenvalue weighted by atomic mass is 32.2. The van der Waals surface area contributed by atoms with Crippen LogP contribution in [0.1, 0.15) is 39.5 Å². The molecular formula is C10H21N3O2S2. The van der Waals surface area contributed by atoms with Crippen LogP contribution < -0.4 is 10.5 Å². The van der Waals surface area contributed by atoms with Gasteiger partial charge in [0.25, 0.3) is 10.2 Å². The van der Waals surface area contributed by atoms with Gasteiger partial charge in [-0.15, -0.1) is 0 Å². The minimum atomic E-state index is -3.48. The van der Waals surface area contributed by atoms with E-state index in [9.17, 15) is 8.42 Å². The third-order valence-corrected chi connectivity index (χ3v) is 4.68. The molecular weight excluding hydrogens is 258 g/mol. The number of nitrogens with two attached hydrogens (primary N) is 1. The average molecular weight is 279 g/mol. The molecule has 0 heterocycles. The lowest BCUT2D eigenvalue weighted by Crippen LogP contribution is -2.50. The van der Waals surface area contributed by atoms with E-state index in [-0.39, 0.29) is 23.6 Å². The monoisotopic (exact) mass is 279 g/mol. The molecule has 1 aliphatic rings. The molecule has 0 aromatic carbocycles. The van der Waals surface area contributed by atoms with Crippen LogP contribution in [0.5, 0.6) is 0 Å². The third-order valence-electron chi connectivity index (χ3n) is 2.74. The third kappa shape index (κ3) is 4.50. The molecule has 0 bridgehead atoms. The summed E-state index contributed by atoms with van der Waals surface area (Å²) in [6, 6.07) is -0.0944. The summed E-state index contributed by atoms with van der Waals surface area (Å²) in [4.78, 5) is 0.214. The van der Waals surface area contributed by atoms with Gasteiger partial charge in [0, 0.05) is 12.1 Å². The first-order valence-electron chi connectivity index (χ1n) is 5.90. The molecule has 0 aromatic heterocycles. The molecule has 17 heavy (non-hydrogen) atoms. The lowest BCUT2D eigenvalue weighted by molar-refractivity contribution is 0.347. The minimum Gasteiger partial charge on any atom is -0.392 e. The maximum absolute atomic E-state index is 12.2. The van der Waals surface area contributed by atoms with E-state index in [1.54, 1.807) is 13.8 Å². The highest BCUT2D eigenvalue weighted by Crippen LogP contribution is 2.25. The molecule has 100 valence electrons. The molecule has 0 spiro atoms. The van der Waals surface area contributed by atoms with Crippen LogP contribution in [0, 0.1) is 0 Å². The van der Waals surface area contributed by atoms with Gasteiger partial charge in [-0.2, -0.15) is 17.4 Å². The Morgan fingerprint density at radius 3 is 2.41 bits per heavy atom. The molecule has 3 N–H and O–H groups in total. The smallest absolute Gasteiger partial charge is 0.280 e. The second-order valence-corrected chi connectivity index (χ2v) is 6.91. The maximum atomic E-state index is 12.2. The lowest BCUT2D eigenvalue weighted by atomic mass is 10.2. The van der Waals surface area contributed by atoms with Crippen molar-refractivity contribution in [1.82, 2.24) is 9.03 Å². The second kappa shape index (κ2) is 6.08. The van der Waals surface area contributed by atoms with Crippen molar-refractivity contribution in [3.05, 3.63) is 0 Å². The van der Waals surface area contributed by atoms with Gasteiger partial charge in [-0.3, -0.25) is 0 Å². The molecule has 7 heteroatoms. The molecule has 0 aromatic rings. The van der Waals surface area contributed by atoms with Crippen molar-refractivity contribution >= 4 is 27.4 Å². The fourth-order valence-corrected chi connectivity index (χ4v) is 3.99. The molecule has 1 fully saturated rings. The Labute approximate surface area is 109 Å². The molecule has 5 nitrogen and oxygen atoms in total. The van der Waals surface area contributed by atoms with Crippen LogP contribution >= 0.6 is 12.2 Å². The molecule has 1 aliphatic carbocycles. The van der Waals surface area contributed by atoms with E-state index >= 15 is 0 Å². The predicted octanol–water partition coefficient (Wildman–Crippen LogP) is 0.760. The summed E-state index contributed by atoms with van der Waals surface area (Å²) >= 11 is 4.83. The van der Waals surface area contributed by atoms with E-state index in [1.165, 1.54) is 4.31 Å². The molecule has 1 saturated carbocycles. The highest BCUT2D eigenvalue weighted by molar-refractivity contribution is 7.87. The zero-order valence-corrected chi connectivity index (χ0v) is 12.0. The van der Waals surface area contributed by atoms with Gasteiger partial charge in [-0.25, -0.2) is 0 Å². The zero-order valence-electron chi connectivity index (χ0n) is 10.3. The van der Waals surface area contributed by atoms with Crippen molar-refractivity contribution in [2.45, 2.75) is 51.6 Å². The first-order valence-corrected chi connectivity index (χ1v) is 7.75. The van der Waals surface area contributed by atoms with Crippen LogP contribution in [0.4, 0.5) is 0 Å². The zero-order chi connectivity index (χ0) is 13.1. The van der Waals surface area contributed by atoms with Crippen LogP contribution in [0.25, 0.3) is 0 Å². The van der Waals surface area contributed by atoms with Crippen molar-refractivity contribution in [2.75, 3.05) is 6.54 Å². The van der Waals surface area contributed by atoms with Gasteiger partial charge in [0.2, 0.25) is 0 Å². The molecule has 0 amide bonds. The Bertz CT molecular complexity index is 362. The average Bonchev–Trinajstić information content (AvgIpc) is 2.63. The summed E-state index contributed by atoms with van der Waals surface area (Å²) in [7, 11) is -3.48. The molecule has 0 saturated heterocycles. The second-order valence-electron chi connectivity index (χ2n) is 4.73. The van der Waals surface area contributed by atoms with E-state index < -0.39 is 10.2 Å². The first kappa shape index (κ1) is 14.8. The summed E-state index contributed by atoms with van der Waals surface area (Å²) < 4.78 is 28.3. The quantitative estimate of drug-likeness (QED) is 0.704. The van der Waals surface area contributed by atoms with Gasteiger partial charge in [0.1, 0.15) is 0 Å². The predicted molar refractivity (Wildman–Crippen MR) is 72.9 cm³/mol. The summed E-state index contributed by atoms with van der Waals surface area (Å²) in [5.74, 6) is 0. The summed E-state index contributed by atoms with van der Waals surface area (Å²) in [5, 5.41) is 0. The van der Waals surface area contributed by atoms with Gasteiger partial charge in [0.15, 0.2) is 0 Å². The lowest BCUT2D eigenvalue weighted by Gasteiger charge is -2.28. The normalized spacial score (nSPS) is 18.1. The van der Waals surface area contributed by atoms with Crippen LogP contribution in [-0.2, 0) is 10.2 Å². The number of hydrogen-bond donors (Lipinski definition) is 2. The van der Waals surface area contributed by atoms with E-state index in [2.05, 4.69) is 4.72 Å². The fourth-order valence-electron chi connectivity index (χ4n) is 2.12. The van der Waals surface area contributed by atoms with Crippen LogP contribution in [-0.4, -0.2) is 36.3 Å². The summed E-state index contributed by atoms with van der Waals surface area (Å²) in [6.07, 6.45) is 3.91. The van der Waals surface area contributed by atoms with Crippen molar-refractivity contribution in [3.8, 4) is 0 Å². The fraction of sp³-hybridized carbons (Fsp3) is 0.900. The van der Waals surface area contributed by atoms with E-state index in [4.69, 9.17) is 18.0 Å². The van der Waals surface area contributed by atoms with E-state index in [0.29, 0.717) is 0 Å². The van der Waals surface area contributed by atoms with Gasteiger partial charge in [-0.1, -0.05) is 25.1 Å². The molecule has 0 radical (unpaired) electrons. The van der Waals surface area contributed by atoms with Crippen molar-refractivity contribution in [3.63, 3.8) is 0 Å². The Morgan fingerprint density at radius 1 is 1.47 bits per heavy atom.